The molecule has 0 fully saturated rings. The molecule has 5 nitrogen and oxygen atoms in total. The predicted molar refractivity (Wildman–Crippen MR) is 52.2 cm³/mol. The topological polar surface area (TPSA) is 52.2 Å². The molecule has 0 amide bonds. The van der Waals surface area contributed by atoms with Crippen LogP contribution in [0, 0.1) is 0 Å². The number of imidazole rings is 1. The van der Waals surface area contributed by atoms with Gasteiger partial charge in [0.2, 0.25) is 0 Å². The maximum atomic E-state index is 11.8. The molecule has 2 heterocycles. The third-order valence-corrected chi connectivity index (χ3v) is 2.03. The van der Waals surface area contributed by atoms with E-state index in [2.05, 4.69) is 10.1 Å². The van der Waals surface area contributed by atoms with Gasteiger partial charge >= 0.3 is 5.69 Å². The Morgan fingerprint density at radius 3 is 2.57 bits per heavy atom. The lowest BCUT2D eigenvalue weighted by Gasteiger charge is -2.18. The summed E-state index contributed by atoms with van der Waals surface area (Å²) in [6.45, 7) is 5.90. The van der Waals surface area contributed by atoms with Crippen molar-refractivity contribution in [3.05, 3.63) is 29.1 Å². The summed E-state index contributed by atoms with van der Waals surface area (Å²) < 4.78 is 2.92. The second kappa shape index (κ2) is 2.67. The van der Waals surface area contributed by atoms with Gasteiger partial charge in [-0.05, 0) is 20.8 Å². The molecule has 5 heteroatoms. The van der Waals surface area contributed by atoms with E-state index in [9.17, 15) is 4.79 Å². The number of fused-ring (bicyclic) bond motifs is 1. The Morgan fingerprint density at radius 1 is 1.29 bits per heavy atom. The van der Waals surface area contributed by atoms with Crippen LogP contribution in [0.5, 0.6) is 0 Å². The quantitative estimate of drug-likeness (QED) is 0.615. The van der Waals surface area contributed by atoms with Gasteiger partial charge < -0.3 is 0 Å². The van der Waals surface area contributed by atoms with E-state index in [0.29, 0.717) is 5.65 Å². The van der Waals surface area contributed by atoms with Gasteiger partial charge in [-0.1, -0.05) is 0 Å². The zero-order valence-corrected chi connectivity index (χ0v) is 8.43. The van der Waals surface area contributed by atoms with Crippen molar-refractivity contribution in [1.29, 1.82) is 0 Å². The number of hydrogen-bond acceptors (Lipinski definition) is 3. The first-order chi connectivity index (χ1) is 6.50. The molecule has 2 aromatic rings. The fraction of sp³-hybridized carbons (Fsp3) is 0.444. The minimum absolute atomic E-state index is 0.152. The number of hydrogen-bond donors (Lipinski definition) is 0. The average molecular weight is 192 g/mol. The number of aromatic nitrogens is 4. The molecule has 0 bridgehead atoms. The first kappa shape index (κ1) is 8.93. The lowest BCUT2D eigenvalue weighted by atomic mass is 10.1. The van der Waals surface area contributed by atoms with Crippen molar-refractivity contribution in [3.63, 3.8) is 0 Å². The Bertz CT molecular complexity index is 517. The third kappa shape index (κ3) is 1.21. The Hall–Kier alpha value is -1.65. The predicted octanol–water partition coefficient (Wildman–Crippen LogP) is 0.646. The van der Waals surface area contributed by atoms with E-state index >= 15 is 0 Å². The smallest absolute Gasteiger partial charge is 0.290 e. The standard InChI is InChI=1S/C9H12N4O/c1-9(2,3)12-6-7-10-4-5-11-13(7)8(12)14/h4-6H,1-3H3. The Kier molecular flexibility index (Phi) is 1.70. The molecule has 0 aliphatic carbocycles. The molecule has 0 saturated heterocycles. The summed E-state index contributed by atoms with van der Waals surface area (Å²) in [6, 6.07) is 0. The number of nitrogens with zero attached hydrogens (tertiary/aromatic N) is 4. The highest BCUT2D eigenvalue weighted by molar-refractivity contribution is 5.32. The molecule has 0 spiro atoms. The van der Waals surface area contributed by atoms with E-state index < -0.39 is 0 Å². The summed E-state index contributed by atoms with van der Waals surface area (Å²) in [5.41, 5.74) is 0.181. The van der Waals surface area contributed by atoms with Crippen LogP contribution in [-0.2, 0) is 5.54 Å². The largest absolute Gasteiger partial charge is 0.351 e. The van der Waals surface area contributed by atoms with Crippen LogP contribution >= 0.6 is 0 Å². The molecule has 2 rings (SSSR count). The van der Waals surface area contributed by atoms with Crippen LogP contribution in [0.2, 0.25) is 0 Å². The average Bonchev–Trinajstić information content (AvgIpc) is 2.44. The summed E-state index contributed by atoms with van der Waals surface area (Å²) >= 11 is 0. The minimum Gasteiger partial charge on any atom is -0.290 e. The third-order valence-electron chi connectivity index (χ3n) is 2.03. The molecule has 0 N–H and O–H groups in total. The molecule has 0 radical (unpaired) electrons. The highest BCUT2D eigenvalue weighted by Crippen LogP contribution is 2.11. The Labute approximate surface area is 81.0 Å². The molecule has 14 heavy (non-hydrogen) atoms. The fourth-order valence-corrected chi connectivity index (χ4v) is 1.31. The summed E-state index contributed by atoms with van der Waals surface area (Å²) in [5, 5.41) is 3.94. The Balaban J connectivity index is 2.82. The highest BCUT2D eigenvalue weighted by atomic mass is 16.2. The second-order valence-corrected chi connectivity index (χ2v) is 4.17. The molecule has 0 atom stereocenters. The first-order valence-corrected chi connectivity index (χ1v) is 4.42. The molecular weight excluding hydrogens is 180 g/mol. The van der Waals surface area contributed by atoms with Gasteiger partial charge in [0, 0.05) is 11.7 Å². The van der Waals surface area contributed by atoms with Crippen LogP contribution in [0.4, 0.5) is 0 Å². The molecule has 0 unspecified atom stereocenters. The van der Waals surface area contributed by atoms with Crippen LogP contribution in [0.1, 0.15) is 20.8 Å². The van der Waals surface area contributed by atoms with Gasteiger partial charge in [-0.2, -0.15) is 9.61 Å². The van der Waals surface area contributed by atoms with Gasteiger partial charge in [0.25, 0.3) is 0 Å². The van der Waals surface area contributed by atoms with Crippen LogP contribution in [0.25, 0.3) is 5.65 Å². The zero-order valence-electron chi connectivity index (χ0n) is 8.43. The molecule has 2 aromatic heterocycles. The van der Waals surface area contributed by atoms with Crippen molar-refractivity contribution in [2.45, 2.75) is 26.3 Å². The van der Waals surface area contributed by atoms with Gasteiger partial charge in [-0.3, -0.25) is 4.57 Å². The van der Waals surface area contributed by atoms with Crippen LogP contribution in [0.15, 0.2) is 23.4 Å². The van der Waals surface area contributed by atoms with Crippen molar-refractivity contribution < 1.29 is 0 Å². The maximum Gasteiger partial charge on any atom is 0.351 e. The number of rotatable bonds is 0. The van der Waals surface area contributed by atoms with Crippen LogP contribution < -0.4 is 5.69 Å². The second-order valence-electron chi connectivity index (χ2n) is 4.17. The summed E-state index contributed by atoms with van der Waals surface area (Å²) in [5.74, 6) is 0. The van der Waals surface area contributed by atoms with Crippen molar-refractivity contribution in [2.24, 2.45) is 0 Å². The van der Waals surface area contributed by atoms with E-state index in [1.807, 2.05) is 20.8 Å². The molecule has 74 valence electrons. The molecule has 0 aromatic carbocycles. The first-order valence-electron chi connectivity index (χ1n) is 4.42. The van der Waals surface area contributed by atoms with Gasteiger partial charge in [-0.15, -0.1) is 0 Å². The van der Waals surface area contributed by atoms with Crippen LogP contribution in [-0.4, -0.2) is 19.2 Å². The van der Waals surface area contributed by atoms with E-state index in [4.69, 9.17) is 0 Å². The summed E-state index contributed by atoms with van der Waals surface area (Å²) in [6.07, 6.45) is 4.79. The molecular formula is C9H12N4O. The van der Waals surface area contributed by atoms with Gasteiger partial charge in [0.05, 0.1) is 12.4 Å². The minimum atomic E-state index is -0.244. The normalized spacial score (nSPS) is 12.2. The molecule has 0 aliphatic rings. The van der Waals surface area contributed by atoms with E-state index in [0.717, 1.165) is 0 Å². The van der Waals surface area contributed by atoms with Crippen molar-refractivity contribution in [3.8, 4) is 0 Å². The van der Waals surface area contributed by atoms with E-state index in [-0.39, 0.29) is 11.2 Å². The zero-order chi connectivity index (χ0) is 10.3. The van der Waals surface area contributed by atoms with Crippen molar-refractivity contribution >= 4 is 5.65 Å². The molecule has 0 saturated carbocycles. The van der Waals surface area contributed by atoms with E-state index in [1.54, 1.807) is 17.0 Å². The van der Waals surface area contributed by atoms with Gasteiger partial charge in [0.15, 0.2) is 5.65 Å². The SMILES string of the molecule is CC(C)(C)n1cc2nccnn2c1=O. The maximum absolute atomic E-state index is 11.8. The summed E-state index contributed by atoms with van der Waals surface area (Å²) in [4.78, 5) is 15.9. The van der Waals surface area contributed by atoms with Crippen molar-refractivity contribution in [2.75, 3.05) is 0 Å². The summed E-state index contributed by atoms with van der Waals surface area (Å²) in [7, 11) is 0. The monoisotopic (exact) mass is 192 g/mol. The van der Waals surface area contributed by atoms with Crippen LogP contribution in [0.3, 0.4) is 0 Å². The lowest BCUT2D eigenvalue weighted by Crippen LogP contribution is -2.33. The lowest BCUT2D eigenvalue weighted by molar-refractivity contribution is 0.382. The Morgan fingerprint density at radius 2 is 2.00 bits per heavy atom. The fourth-order valence-electron chi connectivity index (χ4n) is 1.31. The van der Waals surface area contributed by atoms with E-state index in [1.165, 1.54) is 10.7 Å². The van der Waals surface area contributed by atoms with Gasteiger partial charge in [-0.25, -0.2) is 9.78 Å². The van der Waals surface area contributed by atoms with Crippen molar-refractivity contribution in [1.82, 2.24) is 19.2 Å². The molecule has 0 aliphatic heterocycles. The van der Waals surface area contributed by atoms with Gasteiger partial charge in [0.1, 0.15) is 0 Å². The highest BCUT2D eigenvalue weighted by Gasteiger charge is 2.18.